The quantitative estimate of drug-likeness (QED) is 0.673. The van der Waals surface area contributed by atoms with Crippen LogP contribution in [0.15, 0.2) is 24.3 Å². The van der Waals surface area contributed by atoms with Gasteiger partial charge in [-0.3, -0.25) is 18.8 Å². The highest BCUT2D eigenvalue weighted by molar-refractivity contribution is 7.93. The number of anilines is 1. The summed E-state index contributed by atoms with van der Waals surface area (Å²) in [5.41, 5.74) is 1.03. The molecular formula is C19H27N3O5S. The Hall–Kier alpha value is -2.13. The summed E-state index contributed by atoms with van der Waals surface area (Å²) in [6, 6.07) is 6.83. The van der Waals surface area contributed by atoms with Crippen molar-refractivity contribution in [3.63, 3.8) is 0 Å². The Labute approximate surface area is 166 Å². The van der Waals surface area contributed by atoms with Crippen LogP contribution in [0.25, 0.3) is 0 Å². The third kappa shape index (κ3) is 4.82. The van der Waals surface area contributed by atoms with E-state index in [0.717, 1.165) is 13.0 Å². The molecule has 0 unspecified atom stereocenters. The summed E-state index contributed by atoms with van der Waals surface area (Å²) in [6.07, 6.45) is 1.37. The maximum atomic E-state index is 13.0. The van der Waals surface area contributed by atoms with Gasteiger partial charge >= 0.3 is 5.97 Å². The number of sulfonamides is 1. The number of benzene rings is 1. The minimum absolute atomic E-state index is 0.114. The highest BCUT2D eigenvalue weighted by Gasteiger charge is 2.29. The second kappa shape index (κ2) is 8.91. The average molecular weight is 410 g/mol. The van der Waals surface area contributed by atoms with Crippen LogP contribution >= 0.6 is 0 Å². The van der Waals surface area contributed by atoms with E-state index in [1.54, 1.807) is 36.1 Å². The van der Waals surface area contributed by atoms with Crippen molar-refractivity contribution in [1.29, 1.82) is 0 Å². The number of rotatable bonds is 5. The standard InChI is InChI=1S/C19H27N3O5S/c1-2-27-18(23)15-20-8-4-9-21(12-11-20)19(24)16-6-3-7-17(14-16)22-10-5-13-28(22,25)26/h3,6-7,14H,2,4-5,8-13,15H2,1H3. The molecule has 0 aliphatic carbocycles. The third-order valence-electron chi connectivity index (χ3n) is 5.01. The van der Waals surface area contributed by atoms with Crippen molar-refractivity contribution in [2.45, 2.75) is 19.8 Å². The SMILES string of the molecule is CCOC(=O)CN1CCCN(C(=O)c2cccc(N3CCCS3(=O)=O)c2)CC1. The van der Waals surface area contributed by atoms with Crippen LogP contribution in [-0.2, 0) is 19.6 Å². The summed E-state index contributed by atoms with van der Waals surface area (Å²) < 4.78 is 30.7. The van der Waals surface area contributed by atoms with Crippen LogP contribution < -0.4 is 4.31 Å². The van der Waals surface area contributed by atoms with Gasteiger partial charge in [0.25, 0.3) is 5.91 Å². The number of hydrogen-bond acceptors (Lipinski definition) is 6. The minimum atomic E-state index is -3.28. The van der Waals surface area contributed by atoms with Crippen molar-refractivity contribution in [3.05, 3.63) is 29.8 Å². The van der Waals surface area contributed by atoms with E-state index in [0.29, 0.717) is 50.5 Å². The smallest absolute Gasteiger partial charge is 0.320 e. The van der Waals surface area contributed by atoms with E-state index < -0.39 is 10.0 Å². The Kier molecular flexibility index (Phi) is 6.56. The lowest BCUT2D eigenvalue weighted by Crippen LogP contribution is -2.37. The summed E-state index contributed by atoms with van der Waals surface area (Å²) in [5.74, 6) is -0.216. The van der Waals surface area contributed by atoms with Gasteiger partial charge in [-0.15, -0.1) is 0 Å². The Balaban J connectivity index is 1.66. The predicted octanol–water partition coefficient (Wildman–Crippen LogP) is 0.938. The summed E-state index contributed by atoms with van der Waals surface area (Å²) in [7, 11) is -3.28. The zero-order valence-corrected chi connectivity index (χ0v) is 17.0. The molecule has 8 nitrogen and oxygen atoms in total. The number of nitrogens with zero attached hydrogens (tertiary/aromatic N) is 3. The summed E-state index contributed by atoms with van der Waals surface area (Å²) >= 11 is 0. The Morgan fingerprint density at radius 2 is 1.89 bits per heavy atom. The first kappa shape index (κ1) is 20.6. The zero-order valence-electron chi connectivity index (χ0n) is 16.2. The molecule has 2 aliphatic rings. The second-order valence-corrected chi connectivity index (χ2v) is 9.03. The van der Waals surface area contributed by atoms with Crippen molar-refractivity contribution in [2.24, 2.45) is 0 Å². The molecule has 0 atom stereocenters. The van der Waals surface area contributed by atoms with Crippen molar-refractivity contribution >= 4 is 27.6 Å². The number of carbonyl (C=O) groups excluding carboxylic acids is 2. The molecule has 3 rings (SSSR count). The molecule has 2 saturated heterocycles. The Morgan fingerprint density at radius 1 is 1.07 bits per heavy atom. The molecule has 1 aromatic carbocycles. The van der Waals surface area contributed by atoms with Gasteiger partial charge < -0.3 is 9.64 Å². The maximum absolute atomic E-state index is 13.0. The molecule has 0 saturated carbocycles. The zero-order chi connectivity index (χ0) is 20.1. The van der Waals surface area contributed by atoms with E-state index in [1.807, 2.05) is 4.90 Å². The van der Waals surface area contributed by atoms with Crippen LogP contribution in [-0.4, -0.2) is 81.7 Å². The number of ether oxygens (including phenoxy) is 1. The summed E-state index contributed by atoms with van der Waals surface area (Å²) in [5, 5.41) is 0. The predicted molar refractivity (Wildman–Crippen MR) is 106 cm³/mol. The maximum Gasteiger partial charge on any atom is 0.320 e. The molecule has 0 N–H and O–H groups in total. The number of esters is 1. The minimum Gasteiger partial charge on any atom is -0.465 e. The van der Waals surface area contributed by atoms with Crippen molar-refractivity contribution in [3.8, 4) is 0 Å². The molecule has 9 heteroatoms. The number of hydrogen-bond donors (Lipinski definition) is 0. The van der Waals surface area contributed by atoms with Gasteiger partial charge in [0.05, 0.1) is 24.6 Å². The summed E-state index contributed by atoms with van der Waals surface area (Å²) in [4.78, 5) is 28.4. The molecule has 2 fully saturated rings. The van der Waals surface area contributed by atoms with Crippen LogP contribution in [0.2, 0.25) is 0 Å². The van der Waals surface area contributed by atoms with Gasteiger partial charge in [0.1, 0.15) is 0 Å². The molecule has 1 amide bonds. The monoisotopic (exact) mass is 409 g/mol. The third-order valence-corrected chi connectivity index (χ3v) is 6.88. The highest BCUT2D eigenvalue weighted by atomic mass is 32.2. The van der Waals surface area contributed by atoms with E-state index in [1.165, 1.54) is 4.31 Å². The van der Waals surface area contributed by atoms with E-state index in [9.17, 15) is 18.0 Å². The lowest BCUT2D eigenvalue weighted by molar-refractivity contribution is -0.144. The number of carbonyl (C=O) groups is 2. The first-order valence-corrected chi connectivity index (χ1v) is 11.3. The van der Waals surface area contributed by atoms with E-state index >= 15 is 0 Å². The van der Waals surface area contributed by atoms with E-state index in [2.05, 4.69) is 0 Å². The lowest BCUT2D eigenvalue weighted by atomic mass is 10.1. The fraction of sp³-hybridized carbons (Fsp3) is 0.579. The van der Waals surface area contributed by atoms with Crippen LogP contribution in [0, 0.1) is 0 Å². The van der Waals surface area contributed by atoms with Crippen LogP contribution in [0.4, 0.5) is 5.69 Å². The van der Waals surface area contributed by atoms with Gasteiger partial charge in [0, 0.05) is 38.3 Å². The molecule has 0 bridgehead atoms. The van der Waals surface area contributed by atoms with Crippen LogP contribution in [0.3, 0.4) is 0 Å². The molecule has 154 valence electrons. The van der Waals surface area contributed by atoms with Crippen LogP contribution in [0.1, 0.15) is 30.1 Å². The van der Waals surface area contributed by atoms with Gasteiger partial charge in [-0.05, 0) is 38.0 Å². The highest BCUT2D eigenvalue weighted by Crippen LogP contribution is 2.25. The lowest BCUT2D eigenvalue weighted by Gasteiger charge is -2.23. The van der Waals surface area contributed by atoms with Gasteiger partial charge in [-0.2, -0.15) is 0 Å². The molecule has 2 aliphatic heterocycles. The molecule has 0 radical (unpaired) electrons. The van der Waals surface area contributed by atoms with E-state index in [-0.39, 0.29) is 24.2 Å². The molecule has 0 spiro atoms. The van der Waals surface area contributed by atoms with Gasteiger partial charge in [-0.25, -0.2) is 8.42 Å². The Morgan fingerprint density at radius 3 is 2.61 bits per heavy atom. The van der Waals surface area contributed by atoms with Gasteiger partial charge in [-0.1, -0.05) is 6.07 Å². The molecule has 1 aromatic rings. The molecule has 0 aromatic heterocycles. The fourth-order valence-electron chi connectivity index (χ4n) is 3.63. The van der Waals surface area contributed by atoms with E-state index in [4.69, 9.17) is 4.74 Å². The largest absolute Gasteiger partial charge is 0.465 e. The molecule has 28 heavy (non-hydrogen) atoms. The average Bonchev–Trinajstić information content (AvgIpc) is 2.87. The van der Waals surface area contributed by atoms with Crippen molar-refractivity contribution in [2.75, 3.05) is 55.9 Å². The molecular weight excluding hydrogens is 382 g/mol. The second-order valence-electron chi connectivity index (χ2n) is 7.02. The first-order chi connectivity index (χ1) is 13.4. The van der Waals surface area contributed by atoms with Crippen LogP contribution in [0.5, 0.6) is 0 Å². The number of amides is 1. The van der Waals surface area contributed by atoms with Gasteiger partial charge in [0.2, 0.25) is 10.0 Å². The Bertz CT molecular complexity index is 827. The first-order valence-electron chi connectivity index (χ1n) is 9.68. The normalized spacial score (nSPS) is 20.0. The van der Waals surface area contributed by atoms with Gasteiger partial charge in [0.15, 0.2) is 0 Å². The van der Waals surface area contributed by atoms with Crippen molar-refractivity contribution < 1.29 is 22.7 Å². The molecule has 2 heterocycles. The fourth-order valence-corrected chi connectivity index (χ4v) is 5.18. The van der Waals surface area contributed by atoms with Crippen molar-refractivity contribution in [1.82, 2.24) is 9.80 Å². The topological polar surface area (TPSA) is 87.2 Å². The summed E-state index contributed by atoms with van der Waals surface area (Å²) in [6.45, 7) is 5.28.